The molecule has 101 heavy (non-hydrogen) atoms. The molecule has 3 fully saturated rings. The van der Waals surface area contributed by atoms with Gasteiger partial charge in [0.25, 0.3) is 11.8 Å². The highest BCUT2D eigenvalue weighted by molar-refractivity contribution is 5.96. The van der Waals surface area contributed by atoms with Crippen LogP contribution in [0.5, 0.6) is 0 Å². The number of para-hydroxylation sites is 1. The maximum absolute atomic E-state index is 14.3. The second kappa shape index (κ2) is 36.2. The highest BCUT2D eigenvalue weighted by atomic mass is 35.5. The molecule has 0 aromatic heterocycles. The SMILES string of the molecule is CN(CCN1CCC(N(C(=O)O)c2ccccc2-c2ccccc2)CC1)C(=O)CCCCCNCc1cccc(C(=O)N(C)CCCN(C)C(=O)CO[C@H]2Cc3ccccc3C23CCN(CC[C@]2(c4ccc(F)cc4)CN(C(=O)c4cc(C(F)(F)F)cc(C(F)(F)F)c4)CO2)CC3)c1.Cl.Cl.Cl. The number of ether oxygens (including phenoxy) is 2. The number of carboxylic acid groups (broad SMARTS) is 1. The minimum absolute atomic E-state index is 0. The quantitative estimate of drug-likeness (QED) is 0.0373. The molecule has 3 saturated heterocycles. The lowest BCUT2D eigenvalue weighted by Gasteiger charge is -2.44. The minimum Gasteiger partial charge on any atom is -0.465 e. The monoisotopic (exact) mass is 1470 g/mol. The summed E-state index contributed by atoms with van der Waals surface area (Å²) in [5, 5.41) is 13.8. The van der Waals surface area contributed by atoms with Gasteiger partial charge in [-0.2, -0.15) is 26.3 Å². The second-order valence-electron chi connectivity index (χ2n) is 26.5. The van der Waals surface area contributed by atoms with Gasteiger partial charge in [-0.25, -0.2) is 9.18 Å². The molecule has 2 N–H and O–H groups in total. The molecule has 0 radical (unpaired) electrons. The number of unbranched alkanes of at least 4 members (excludes halogenated alkanes) is 2. The molecule has 3 heterocycles. The van der Waals surface area contributed by atoms with E-state index in [2.05, 4.69) is 27.2 Å². The molecule has 4 aliphatic rings. The lowest BCUT2D eigenvalue weighted by molar-refractivity contribution is -0.143. The Morgan fingerprint density at radius 3 is 1.97 bits per heavy atom. The Hall–Kier alpha value is -7.35. The zero-order chi connectivity index (χ0) is 69.8. The predicted molar refractivity (Wildman–Crippen MR) is 380 cm³/mol. The summed E-state index contributed by atoms with van der Waals surface area (Å²) in [4.78, 5) is 79.0. The molecule has 0 bridgehead atoms. The number of anilines is 1. The molecule has 26 heteroatoms. The molecule has 1 aliphatic carbocycles. The fraction of sp³-hybridized carbons (Fsp3) is 0.453. The summed E-state index contributed by atoms with van der Waals surface area (Å²) < 4.78 is 110. The minimum atomic E-state index is -5.15. The number of halogens is 10. The van der Waals surface area contributed by atoms with Gasteiger partial charge in [-0.05, 0) is 154 Å². The number of likely N-dealkylation sites (N-methyl/N-ethyl adjacent to an activating group) is 2. The van der Waals surface area contributed by atoms with Gasteiger partial charge in [-0.1, -0.05) is 103 Å². The first-order valence-electron chi connectivity index (χ1n) is 33.7. The molecule has 6 aromatic carbocycles. The van der Waals surface area contributed by atoms with E-state index in [1.807, 2.05) is 92.0 Å². The molecule has 10 rings (SSSR count). The lowest BCUT2D eigenvalue weighted by atomic mass is 9.72. The highest BCUT2D eigenvalue weighted by Crippen LogP contribution is 2.49. The summed E-state index contributed by atoms with van der Waals surface area (Å²) in [6.07, 6.45) is -4.40. The standard InChI is InChI=1S/C75H87F7N8O8.3ClH/c1-84(35-15-36-86(3)69(93)56-20-14-16-53(44-56)49-83-34-13-5-8-24-67(91)85(2)42-43-87-37-29-62(30-38-87)90(71(95)96)65-23-12-10-21-63(65)54-17-6-4-7-18-54)68(92)50-97-66-47-55-19-9-11-22-64(55)72(66)31-39-88(40-32-72)41-33-73(58-25-27-61(76)28-26-58)51-89(52-98-73)70(94)57-45-59(74(77,78)79)48-60(46-57)75(80,81)82;;;/h4,6-7,9-12,14,16-23,25-28,44-46,48,62,66,83H,5,8,13,15,24,29-43,47,49-52H2,1-3H3,(H,95,96);3*1H/t66-,73+;;;/m0.../s1. The second-order valence-corrected chi connectivity index (χ2v) is 26.5. The Balaban J connectivity index is 0.00000477. The van der Waals surface area contributed by atoms with E-state index in [1.54, 1.807) is 34.9 Å². The molecule has 548 valence electrons. The van der Waals surface area contributed by atoms with E-state index in [0.717, 1.165) is 78.2 Å². The maximum Gasteiger partial charge on any atom is 0.416 e. The van der Waals surface area contributed by atoms with Crippen LogP contribution < -0.4 is 10.2 Å². The molecule has 0 saturated carbocycles. The third-order valence-corrected chi connectivity index (χ3v) is 20.1. The molecule has 1 spiro atoms. The topological polar surface area (TPSA) is 159 Å². The number of nitrogens with one attached hydrogen (secondary N) is 1. The number of alkyl halides is 6. The third kappa shape index (κ3) is 20.3. The van der Waals surface area contributed by atoms with Crippen LogP contribution in [0.15, 0.2) is 146 Å². The van der Waals surface area contributed by atoms with Gasteiger partial charge in [-0.3, -0.25) is 24.1 Å². The molecule has 3 aliphatic heterocycles. The summed E-state index contributed by atoms with van der Waals surface area (Å²) in [5.74, 6) is -1.83. The molecule has 6 aromatic rings. The number of fused-ring (bicyclic) bond motifs is 2. The van der Waals surface area contributed by atoms with Crippen molar-refractivity contribution in [3.8, 4) is 11.1 Å². The zero-order valence-corrected chi connectivity index (χ0v) is 59.4. The summed E-state index contributed by atoms with van der Waals surface area (Å²) in [6.45, 7) is 5.80. The van der Waals surface area contributed by atoms with Crippen LogP contribution >= 0.6 is 37.2 Å². The van der Waals surface area contributed by atoms with Crippen LogP contribution in [-0.2, 0) is 55.4 Å². The van der Waals surface area contributed by atoms with Gasteiger partial charge in [-0.15, -0.1) is 37.2 Å². The van der Waals surface area contributed by atoms with Crippen LogP contribution in [0.1, 0.15) is 118 Å². The highest BCUT2D eigenvalue weighted by Gasteiger charge is 2.50. The van der Waals surface area contributed by atoms with Gasteiger partial charge in [0.15, 0.2) is 0 Å². The van der Waals surface area contributed by atoms with Gasteiger partial charge < -0.3 is 49.3 Å². The van der Waals surface area contributed by atoms with E-state index in [-0.39, 0.29) is 92.7 Å². The first-order chi connectivity index (χ1) is 46.9. The zero-order valence-electron chi connectivity index (χ0n) is 57.0. The number of rotatable bonds is 27. The van der Waals surface area contributed by atoms with Crippen LogP contribution in [0.2, 0.25) is 0 Å². The van der Waals surface area contributed by atoms with Crippen molar-refractivity contribution in [3.63, 3.8) is 0 Å². The van der Waals surface area contributed by atoms with Crippen molar-refractivity contribution in [2.24, 2.45) is 0 Å². The number of piperidine rings is 2. The van der Waals surface area contributed by atoms with E-state index >= 15 is 0 Å². The largest absolute Gasteiger partial charge is 0.465 e. The fourth-order valence-corrected chi connectivity index (χ4v) is 14.3. The molecule has 2 atom stereocenters. The van der Waals surface area contributed by atoms with Crippen molar-refractivity contribution in [3.05, 3.63) is 196 Å². The van der Waals surface area contributed by atoms with Crippen LogP contribution in [0, 0.1) is 5.82 Å². The van der Waals surface area contributed by atoms with Gasteiger partial charge in [0, 0.05) is 108 Å². The van der Waals surface area contributed by atoms with Gasteiger partial charge in [0.1, 0.15) is 24.8 Å². The van der Waals surface area contributed by atoms with Gasteiger partial charge in [0.05, 0.1) is 29.5 Å². The van der Waals surface area contributed by atoms with E-state index in [0.29, 0.717) is 120 Å². The Labute approximate surface area is 604 Å². The van der Waals surface area contributed by atoms with Crippen LogP contribution in [-0.4, -0.2) is 183 Å². The first kappa shape index (κ1) is 81.0. The van der Waals surface area contributed by atoms with Crippen LogP contribution in [0.4, 0.5) is 41.2 Å². The number of carbonyl (C=O) groups excluding carboxylic acids is 4. The Morgan fingerprint density at radius 1 is 0.653 bits per heavy atom. The number of amides is 5. The first-order valence-corrected chi connectivity index (χ1v) is 33.7. The van der Waals surface area contributed by atoms with E-state index in [9.17, 15) is 59.8 Å². The van der Waals surface area contributed by atoms with Crippen molar-refractivity contribution >= 4 is 72.6 Å². The summed E-state index contributed by atoms with van der Waals surface area (Å²) in [5.41, 5.74) is 1.19. The molecular formula is C75H90Cl3F7N8O8. The molecular weight excluding hydrogens is 1380 g/mol. The Kier molecular flexibility index (Phi) is 29.0. The normalized spacial score (nSPS) is 17.6. The number of hydrogen-bond donors (Lipinski definition) is 2. The Bertz CT molecular complexity index is 3700. The number of likely N-dealkylation sites (tertiary alicyclic amines) is 2. The van der Waals surface area contributed by atoms with E-state index < -0.39 is 64.6 Å². The third-order valence-electron chi connectivity index (χ3n) is 20.1. The van der Waals surface area contributed by atoms with Crippen molar-refractivity contribution in [2.45, 2.75) is 113 Å². The predicted octanol–water partition coefficient (Wildman–Crippen LogP) is 13.9. The number of benzene rings is 6. The molecule has 5 amide bonds. The van der Waals surface area contributed by atoms with Crippen LogP contribution in [0.25, 0.3) is 11.1 Å². The van der Waals surface area contributed by atoms with Crippen molar-refractivity contribution in [1.29, 1.82) is 0 Å². The number of nitrogens with zero attached hydrogens (tertiary/aromatic N) is 7. The fourth-order valence-electron chi connectivity index (χ4n) is 14.3. The van der Waals surface area contributed by atoms with E-state index in [4.69, 9.17) is 9.47 Å². The molecule has 0 unspecified atom stereocenters. The van der Waals surface area contributed by atoms with Crippen LogP contribution in [0.3, 0.4) is 0 Å². The van der Waals surface area contributed by atoms with Gasteiger partial charge >= 0.3 is 18.4 Å². The average Bonchev–Trinajstić information content (AvgIpc) is 1.61. The summed E-state index contributed by atoms with van der Waals surface area (Å²) >= 11 is 0. The smallest absolute Gasteiger partial charge is 0.416 e. The van der Waals surface area contributed by atoms with E-state index in [1.165, 1.54) is 29.2 Å². The molecule has 16 nitrogen and oxygen atoms in total. The average molecular weight is 1470 g/mol. The summed E-state index contributed by atoms with van der Waals surface area (Å²) in [7, 11) is 5.31. The van der Waals surface area contributed by atoms with Crippen molar-refractivity contribution in [2.75, 3.05) is 111 Å². The van der Waals surface area contributed by atoms with Crippen molar-refractivity contribution in [1.82, 2.24) is 34.7 Å². The maximum atomic E-state index is 14.3. The Morgan fingerprint density at radius 2 is 1.29 bits per heavy atom. The number of hydrogen-bond acceptors (Lipinski definition) is 10. The summed E-state index contributed by atoms with van der Waals surface area (Å²) in [6, 6.07) is 39.3. The lowest BCUT2D eigenvalue weighted by Crippen LogP contribution is -2.50. The van der Waals surface area contributed by atoms with Gasteiger partial charge in [0.2, 0.25) is 11.8 Å². The van der Waals surface area contributed by atoms with Crippen molar-refractivity contribution < 1.29 is 69.3 Å². The number of carbonyl (C=O) groups is 5.